The second kappa shape index (κ2) is 6.84. The molecule has 0 saturated carbocycles. The first-order chi connectivity index (χ1) is 7.80. The van der Waals surface area contributed by atoms with E-state index in [-0.39, 0.29) is 18.9 Å². The van der Waals surface area contributed by atoms with Crippen LogP contribution in [0, 0.1) is 0 Å². The molecule has 1 radical (unpaired) electrons. The first-order valence-electron chi connectivity index (χ1n) is 5.06. The second-order valence-corrected chi connectivity index (χ2v) is 4.95. The number of hydrogen-bond donors (Lipinski definition) is 1. The minimum Gasteiger partial charge on any atom is -0.444 e. The Bertz CT molecular complexity index is 443. The van der Waals surface area contributed by atoms with Gasteiger partial charge in [-0.05, 0) is 39.0 Å². The molecule has 1 amide bonds. The summed E-state index contributed by atoms with van der Waals surface area (Å²) >= 11 is 5.79. The van der Waals surface area contributed by atoms with E-state index in [4.69, 9.17) is 16.3 Å². The summed E-state index contributed by atoms with van der Waals surface area (Å²) in [5.74, 6) is 0. The molecule has 1 aromatic carbocycles. The van der Waals surface area contributed by atoms with Gasteiger partial charge in [-0.2, -0.15) is 0 Å². The van der Waals surface area contributed by atoms with Crippen molar-refractivity contribution in [3.8, 4) is 0 Å². The number of ether oxygens (including phenoxy) is 1. The van der Waals surface area contributed by atoms with Crippen LogP contribution in [0.2, 0.25) is 5.02 Å². The summed E-state index contributed by atoms with van der Waals surface area (Å²) in [6.45, 7) is 5.30. The predicted octanol–water partition coefficient (Wildman–Crippen LogP) is 3.12. The Morgan fingerprint density at radius 2 is 1.94 bits per heavy atom. The molecule has 0 unspecified atom stereocenters. The number of rotatable bonds is 2. The van der Waals surface area contributed by atoms with Crippen LogP contribution in [0.15, 0.2) is 18.2 Å². The standard InChI is InChI=1S/C12H14ClNO3.Li/c1-12(2,3)17-11(16)14-10-5-8(7-15)4-9(13)6-10;/h4-7H,1-3H3,(H,14,16);. The predicted molar refractivity (Wildman–Crippen MR) is 72.5 cm³/mol. The normalized spacial score (nSPS) is 10.2. The van der Waals surface area contributed by atoms with Crippen LogP contribution >= 0.6 is 11.6 Å². The molecular weight excluding hydrogens is 249 g/mol. The van der Waals surface area contributed by atoms with Crippen molar-refractivity contribution in [3.05, 3.63) is 28.8 Å². The summed E-state index contributed by atoms with van der Waals surface area (Å²) in [5, 5.41) is 2.89. The molecule has 0 spiro atoms. The molecule has 0 aromatic heterocycles. The van der Waals surface area contributed by atoms with Crippen LogP contribution in [0.4, 0.5) is 10.5 Å². The molecule has 0 atom stereocenters. The zero-order valence-electron chi connectivity index (χ0n) is 10.9. The molecule has 0 aliphatic rings. The van der Waals surface area contributed by atoms with E-state index in [1.54, 1.807) is 26.8 Å². The third kappa shape index (κ3) is 6.11. The number of carbonyl (C=O) groups excluding carboxylic acids is 2. The van der Waals surface area contributed by atoms with Gasteiger partial charge in [0.2, 0.25) is 0 Å². The van der Waals surface area contributed by atoms with Crippen molar-refractivity contribution in [1.29, 1.82) is 0 Å². The van der Waals surface area contributed by atoms with Crippen molar-refractivity contribution in [2.24, 2.45) is 0 Å². The van der Waals surface area contributed by atoms with E-state index in [9.17, 15) is 9.59 Å². The van der Waals surface area contributed by atoms with Gasteiger partial charge in [0.1, 0.15) is 11.9 Å². The maximum atomic E-state index is 11.5. The Morgan fingerprint density at radius 3 is 2.44 bits per heavy atom. The molecule has 1 N–H and O–H groups in total. The monoisotopic (exact) mass is 262 g/mol. The fraction of sp³-hybridized carbons (Fsp3) is 0.333. The smallest absolute Gasteiger partial charge is 0.412 e. The van der Waals surface area contributed by atoms with Gasteiger partial charge in [0.05, 0.1) is 0 Å². The van der Waals surface area contributed by atoms with Crippen LogP contribution in [0.5, 0.6) is 0 Å². The Morgan fingerprint density at radius 1 is 1.33 bits per heavy atom. The van der Waals surface area contributed by atoms with E-state index in [2.05, 4.69) is 5.32 Å². The first kappa shape index (κ1) is 17.0. The quantitative estimate of drug-likeness (QED) is 0.658. The fourth-order valence-electron chi connectivity index (χ4n) is 1.17. The summed E-state index contributed by atoms with van der Waals surface area (Å²) in [5.41, 5.74) is 0.244. The topological polar surface area (TPSA) is 55.4 Å². The van der Waals surface area contributed by atoms with Crippen molar-refractivity contribution in [3.63, 3.8) is 0 Å². The number of nitrogens with one attached hydrogen (secondary N) is 1. The SMILES string of the molecule is CC(C)(C)OC(=O)Nc1cc(Cl)cc(C=O)c1.[Li]. The van der Waals surface area contributed by atoms with Gasteiger partial charge in [0.25, 0.3) is 0 Å². The molecule has 6 heteroatoms. The number of carbonyl (C=O) groups is 2. The molecule has 4 nitrogen and oxygen atoms in total. The summed E-state index contributed by atoms with van der Waals surface area (Å²) < 4.78 is 5.07. The molecule has 1 aromatic rings. The number of aldehydes is 1. The summed E-state index contributed by atoms with van der Waals surface area (Å²) in [6, 6.07) is 4.57. The van der Waals surface area contributed by atoms with E-state index in [0.717, 1.165) is 0 Å². The third-order valence-electron chi connectivity index (χ3n) is 1.70. The van der Waals surface area contributed by atoms with Gasteiger partial charge < -0.3 is 4.74 Å². The van der Waals surface area contributed by atoms with Gasteiger partial charge >= 0.3 is 6.09 Å². The molecule has 18 heavy (non-hydrogen) atoms. The van der Waals surface area contributed by atoms with E-state index in [1.807, 2.05) is 0 Å². The van der Waals surface area contributed by atoms with Gasteiger partial charge in [0.15, 0.2) is 0 Å². The molecular formula is C12H14ClLiNO3. The van der Waals surface area contributed by atoms with Crippen LogP contribution in [0.25, 0.3) is 0 Å². The molecule has 0 aliphatic carbocycles. The minimum atomic E-state index is -0.586. The largest absolute Gasteiger partial charge is 0.444 e. The van der Waals surface area contributed by atoms with Crippen molar-refractivity contribution < 1.29 is 14.3 Å². The molecule has 0 fully saturated rings. The minimum absolute atomic E-state index is 0. The Balaban J connectivity index is 0.00000289. The zero-order valence-corrected chi connectivity index (χ0v) is 11.7. The van der Waals surface area contributed by atoms with Crippen LogP contribution < -0.4 is 5.32 Å². The summed E-state index contributed by atoms with van der Waals surface area (Å²) in [7, 11) is 0. The Kier molecular flexibility index (Phi) is 6.48. The van der Waals surface area contributed by atoms with Crippen LogP contribution in [0.3, 0.4) is 0 Å². The molecule has 93 valence electrons. The first-order valence-corrected chi connectivity index (χ1v) is 5.44. The molecule has 0 heterocycles. The fourth-order valence-corrected chi connectivity index (χ4v) is 1.42. The average Bonchev–Trinajstić information content (AvgIpc) is 2.13. The third-order valence-corrected chi connectivity index (χ3v) is 1.92. The van der Waals surface area contributed by atoms with E-state index in [1.165, 1.54) is 12.1 Å². The number of amides is 1. The van der Waals surface area contributed by atoms with Crippen LogP contribution in [0.1, 0.15) is 31.1 Å². The maximum absolute atomic E-state index is 11.5. The van der Waals surface area contributed by atoms with Crippen molar-refractivity contribution in [2.45, 2.75) is 26.4 Å². The van der Waals surface area contributed by atoms with E-state index in [0.29, 0.717) is 22.6 Å². The van der Waals surface area contributed by atoms with Crippen LogP contribution in [-0.2, 0) is 4.74 Å². The second-order valence-electron chi connectivity index (χ2n) is 4.52. The van der Waals surface area contributed by atoms with Gasteiger partial charge in [-0.15, -0.1) is 0 Å². The number of benzene rings is 1. The summed E-state index contributed by atoms with van der Waals surface area (Å²) in [6.07, 6.45) is 0.0724. The van der Waals surface area contributed by atoms with Crippen LogP contribution in [-0.4, -0.2) is 36.8 Å². The van der Waals surface area contributed by atoms with E-state index < -0.39 is 11.7 Å². The van der Waals surface area contributed by atoms with Crippen molar-refractivity contribution in [1.82, 2.24) is 0 Å². The Labute approximate surface area is 123 Å². The van der Waals surface area contributed by atoms with Crippen molar-refractivity contribution >= 4 is 48.5 Å². The molecule has 0 bridgehead atoms. The van der Waals surface area contributed by atoms with Gasteiger partial charge in [-0.1, -0.05) is 11.6 Å². The Hall–Kier alpha value is -0.953. The molecule has 0 saturated heterocycles. The van der Waals surface area contributed by atoms with Crippen molar-refractivity contribution in [2.75, 3.05) is 5.32 Å². The van der Waals surface area contributed by atoms with E-state index >= 15 is 0 Å². The average molecular weight is 263 g/mol. The molecule has 0 aliphatic heterocycles. The maximum Gasteiger partial charge on any atom is 0.412 e. The summed E-state index contributed by atoms with van der Waals surface area (Å²) in [4.78, 5) is 22.1. The van der Waals surface area contributed by atoms with Gasteiger partial charge in [0, 0.05) is 35.1 Å². The van der Waals surface area contributed by atoms with Gasteiger partial charge in [-0.3, -0.25) is 10.1 Å². The number of anilines is 1. The zero-order chi connectivity index (χ0) is 13.1. The number of hydrogen-bond acceptors (Lipinski definition) is 3. The molecule has 1 rings (SSSR count). The number of halogens is 1. The van der Waals surface area contributed by atoms with Gasteiger partial charge in [-0.25, -0.2) is 4.79 Å².